The summed E-state index contributed by atoms with van der Waals surface area (Å²) in [5.74, 6) is 0.831. The Morgan fingerprint density at radius 2 is 2.24 bits per heavy atom. The maximum absolute atomic E-state index is 9.12. The van der Waals surface area contributed by atoms with Gasteiger partial charge in [-0.15, -0.1) is 11.6 Å². The lowest BCUT2D eigenvalue weighted by Crippen LogP contribution is -2.17. The molecule has 2 atom stereocenters. The van der Waals surface area contributed by atoms with E-state index in [-0.39, 0.29) is 11.4 Å². The quantitative estimate of drug-likeness (QED) is 0.752. The Bertz CT molecular complexity index is 651. The molecule has 0 amide bonds. The Kier molecular flexibility index (Phi) is 5.22. The van der Waals surface area contributed by atoms with Crippen LogP contribution in [0.4, 0.5) is 0 Å². The number of ether oxygens (including phenoxy) is 1. The lowest BCUT2D eigenvalue weighted by Gasteiger charge is -2.21. The monoisotopic (exact) mass is 305 g/mol. The van der Waals surface area contributed by atoms with Crippen molar-refractivity contribution >= 4 is 22.6 Å². The molecule has 0 fully saturated rings. The second-order valence-corrected chi connectivity index (χ2v) is 5.82. The lowest BCUT2D eigenvalue weighted by molar-refractivity contribution is 0.150. The molecule has 2 rings (SSSR count). The summed E-state index contributed by atoms with van der Waals surface area (Å²) in [6.07, 6.45) is 2.02. The third kappa shape index (κ3) is 3.20. The number of benzene rings is 1. The zero-order valence-corrected chi connectivity index (χ0v) is 13.4. The van der Waals surface area contributed by atoms with Crippen molar-refractivity contribution in [3.63, 3.8) is 0 Å². The van der Waals surface area contributed by atoms with Crippen molar-refractivity contribution in [2.24, 2.45) is 0 Å². The molecule has 0 saturated carbocycles. The number of imidazole rings is 1. The molecule has 0 aliphatic carbocycles. The lowest BCUT2D eigenvalue weighted by atomic mass is 10.1. The van der Waals surface area contributed by atoms with Crippen LogP contribution in [-0.2, 0) is 4.74 Å². The SMILES string of the molecule is CCCC(COC)n1c(C(C)Cl)nc2ccc(C#N)cc21. The van der Waals surface area contributed by atoms with Gasteiger partial charge < -0.3 is 9.30 Å². The normalized spacial score (nSPS) is 14.0. The van der Waals surface area contributed by atoms with E-state index in [0.29, 0.717) is 12.2 Å². The van der Waals surface area contributed by atoms with Gasteiger partial charge in [0.15, 0.2) is 0 Å². The van der Waals surface area contributed by atoms with Gasteiger partial charge in [-0.1, -0.05) is 13.3 Å². The third-order valence-electron chi connectivity index (χ3n) is 3.55. The second-order valence-electron chi connectivity index (χ2n) is 5.17. The number of halogens is 1. The van der Waals surface area contributed by atoms with Crippen LogP contribution in [0.25, 0.3) is 11.0 Å². The van der Waals surface area contributed by atoms with Gasteiger partial charge >= 0.3 is 0 Å². The summed E-state index contributed by atoms with van der Waals surface area (Å²) in [4.78, 5) is 4.64. The van der Waals surface area contributed by atoms with E-state index in [1.54, 1.807) is 13.2 Å². The maximum Gasteiger partial charge on any atom is 0.128 e. The van der Waals surface area contributed by atoms with Crippen LogP contribution in [0.15, 0.2) is 18.2 Å². The van der Waals surface area contributed by atoms with Crippen LogP contribution in [0.1, 0.15) is 49.5 Å². The van der Waals surface area contributed by atoms with Gasteiger partial charge in [0, 0.05) is 7.11 Å². The molecule has 0 spiro atoms. The number of hydrogen-bond donors (Lipinski definition) is 0. The first-order chi connectivity index (χ1) is 10.1. The Morgan fingerprint density at radius 1 is 1.48 bits per heavy atom. The third-order valence-corrected chi connectivity index (χ3v) is 3.74. The van der Waals surface area contributed by atoms with Crippen LogP contribution in [0.2, 0.25) is 0 Å². The predicted molar refractivity (Wildman–Crippen MR) is 84.5 cm³/mol. The largest absolute Gasteiger partial charge is 0.383 e. The summed E-state index contributed by atoms with van der Waals surface area (Å²) in [5, 5.41) is 8.92. The van der Waals surface area contributed by atoms with Crippen molar-refractivity contribution in [2.45, 2.75) is 38.1 Å². The number of hydrogen-bond acceptors (Lipinski definition) is 3. The summed E-state index contributed by atoms with van der Waals surface area (Å²) in [6.45, 7) is 4.67. The zero-order valence-electron chi connectivity index (χ0n) is 12.6. The predicted octanol–water partition coefficient (Wildman–Crippen LogP) is 4.20. The number of alkyl halides is 1. The van der Waals surface area contributed by atoms with Crippen LogP contribution >= 0.6 is 11.6 Å². The molecule has 0 aliphatic heterocycles. The van der Waals surface area contributed by atoms with Gasteiger partial charge in [0.2, 0.25) is 0 Å². The fourth-order valence-electron chi connectivity index (χ4n) is 2.66. The summed E-state index contributed by atoms with van der Waals surface area (Å²) in [5.41, 5.74) is 2.45. The van der Waals surface area contributed by atoms with Crippen molar-refractivity contribution in [1.82, 2.24) is 9.55 Å². The molecule has 2 unspecified atom stereocenters. The highest BCUT2D eigenvalue weighted by atomic mass is 35.5. The molecule has 0 radical (unpaired) electrons. The summed E-state index contributed by atoms with van der Waals surface area (Å²) >= 11 is 6.31. The number of rotatable bonds is 6. The molecule has 1 aromatic heterocycles. The standard InChI is InChI=1S/C16H20ClN3O/c1-4-5-13(10-21-3)20-15-8-12(9-18)6-7-14(15)19-16(20)11(2)17/h6-8,11,13H,4-5,10H2,1-3H3. The Labute approximate surface area is 130 Å². The first kappa shape index (κ1) is 15.8. The number of fused-ring (bicyclic) bond motifs is 1. The van der Waals surface area contributed by atoms with Crippen molar-refractivity contribution in [1.29, 1.82) is 5.26 Å². The van der Waals surface area contributed by atoms with Crippen LogP contribution in [0.5, 0.6) is 0 Å². The summed E-state index contributed by atoms with van der Waals surface area (Å²) < 4.78 is 7.50. The van der Waals surface area contributed by atoms with E-state index in [1.165, 1.54) is 0 Å². The topological polar surface area (TPSA) is 50.8 Å². The van der Waals surface area contributed by atoms with E-state index >= 15 is 0 Å². The Hall–Kier alpha value is -1.57. The minimum absolute atomic E-state index is 0.176. The van der Waals surface area contributed by atoms with Crippen molar-refractivity contribution in [3.8, 4) is 6.07 Å². The van der Waals surface area contributed by atoms with Gasteiger partial charge in [0.25, 0.3) is 0 Å². The first-order valence-corrected chi connectivity index (χ1v) is 7.61. The molecule has 0 bridgehead atoms. The van der Waals surface area contributed by atoms with Gasteiger partial charge in [0.05, 0.1) is 40.7 Å². The molecule has 0 N–H and O–H groups in total. The fourth-order valence-corrected chi connectivity index (χ4v) is 2.81. The van der Waals surface area contributed by atoms with Gasteiger partial charge in [0.1, 0.15) is 5.82 Å². The molecule has 1 aromatic carbocycles. The van der Waals surface area contributed by atoms with E-state index in [9.17, 15) is 0 Å². The Balaban J connectivity index is 2.65. The van der Waals surface area contributed by atoms with Crippen LogP contribution in [-0.4, -0.2) is 23.3 Å². The molecule has 2 aromatic rings. The molecule has 5 heteroatoms. The average Bonchev–Trinajstić information content (AvgIpc) is 2.85. The highest BCUT2D eigenvalue weighted by Gasteiger charge is 2.21. The number of methoxy groups -OCH3 is 1. The van der Waals surface area contributed by atoms with Crippen LogP contribution in [0.3, 0.4) is 0 Å². The molecule has 0 aliphatic rings. The minimum atomic E-state index is -0.195. The fraction of sp³-hybridized carbons (Fsp3) is 0.500. The number of nitrogens with zero attached hydrogens (tertiary/aromatic N) is 3. The molecule has 0 saturated heterocycles. The molecular formula is C16H20ClN3O. The summed E-state index contributed by atoms with van der Waals surface area (Å²) in [7, 11) is 1.70. The van der Waals surface area contributed by atoms with E-state index in [2.05, 4.69) is 22.5 Å². The van der Waals surface area contributed by atoms with Crippen LogP contribution in [0, 0.1) is 11.3 Å². The number of aromatic nitrogens is 2. The first-order valence-electron chi connectivity index (χ1n) is 7.17. The van der Waals surface area contributed by atoms with Gasteiger partial charge in [-0.2, -0.15) is 5.26 Å². The summed E-state index contributed by atoms with van der Waals surface area (Å²) in [6, 6.07) is 7.90. The molecule has 1 heterocycles. The van der Waals surface area contributed by atoms with Gasteiger partial charge in [-0.3, -0.25) is 0 Å². The van der Waals surface area contributed by atoms with E-state index in [0.717, 1.165) is 29.7 Å². The molecular weight excluding hydrogens is 286 g/mol. The smallest absolute Gasteiger partial charge is 0.128 e. The van der Waals surface area contributed by atoms with Crippen molar-refractivity contribution < 1.29 is 4.74 Å². The molecule has 21 heavy (non-hydrogen) atoms. The van der Waals surface area contributed by atoms with Gasteiger partial charge in [-0.05, 0) is 31.5 Å². The van der Waals surface area contributed by atoms with E-state index < -0.39 is 0 Å². The highest BCUT2D eigenvalue weighted by molar-refractivity contribution is 6.20. The molecule has 4 nitrogen and oxygen atoms in total. The highest BCUT2D eigenvalue weighted by Crippen LogP contribution is 2.30. The maximum atomic E-state index is 9.12. The minimum Gasteiger partial charge on any atom is -0.383 e. The zero-order chi connectivity index (χ0) is 15.4. The second kappa shape index (κ2) is 6.93. The molecule has 112 valence electrons. The van der Waals surface area contributed by atoms with Crippen molar-refractivity contribution in [2.75, 3.05) is 13.7 Å². The average molecular weight is 306 g/mol. The van der Waals surface area contributed by atoms with Gasteiger partial charge in [-0.25, -0.2) is 4.98 Å². The number of nitriles is 1. The Morgan fingerprint density at radius 3 is 2.81 bits per heavy atom. The van der Waals surface area contributed by atoms with E-state index in [4.69, 9.17) is 21.6 Å². The van der Waals surface area contributed by atoms with Crippen LogP contribution < -0.4 is 0 Å². The van der Waals surface area contributed by atoms with Crippen molar-refractivity contribution in [3.05, 3.63) is 29.6 Å². The van der Waals surface area contributed by atoms with E-state index in [1.807, 2.05) is 19.1 Å².